The zero-order valence-corrected chi connectivity index (χ0v) is 17.5. The molecule has 0 aliphatic carbocycles. The predicted molar refractivity (Wildman–Crippen MR) is 109 cm³/mol. The van der Waals surface area contributed by atoms with Gasteiger partial charge < -0.3 is 4.90 Å². The number of rotatable bonds is 16. The summed E-state index contributed by atoms with van der Waals surface area (Å²) in [5.74, 6) is 0. The lowest BCUT2D eigenvalue weighted by Gasteiger charge is -2.13. The molecule has 0 aliphatic heterocycles. The molecule has 0 aliphatic rings. The second-order valence-corrected chi connectivity index (χ2v) is 6.86. The summed E-state index contributed by atoms with van der Waals surface area (Å²) < 4.78 is 0. The van der Waals surface area contributed by atoms with Crippen LogP contribution in [0.15, 0.2) is 0 Å². The molecule has 0 amide bonds. The Morgan fingerprint density at radius 2 is 0.565 bits per heavy atom. The molecule has 142 valence electrons. The number of hydrogen-bond acceptors (Lipinski definition) is 1. The molecular weight excluding hydrogens is 278 g/mol. The molecule has 0 aromatic carbocycles. The largest absolute Gasteiger partial charge is 0.304 e. The van der Waals surface area contributed by atoms with Crippen molar-refractivity contribution in [2.24, 2.45) is 0 Å². The molecule has 1 nitrogen and oxygen atoms in total. The van der Waals surface area contributed by atoms with Gasteiger partial charge in [0.25, 0.3) is 0 Å². The molecule has 0 aromatic heterocycles. The van der Waals surface area contributed by atoms with Crippen molar-refractivity contribution >= 4 is 0 Å². The van der Waals surface area contributed by atoms with Gasteiger partial charge in [-0.15, -0.1) is 0 Å². The Morgan fingerprint density at radius 1 is 0.348 bits per heavy atom. The summed E-state index contributed by atoms with van der Waals surface area (Å²) in [4.78, 5) is 2.38. The second-order valence-electron chi connectivity index (χ2n) is 6.86. The van der Waals surface area contributed by atoms with E-state index in [0.717, 1.165) is 0 Å². The molecule has 0 aromatic rings. The first-order valence-electron chi connectivity index (χ1n) is 11.0. The van der Waals surface area contributed by atoms with E-state index < -0.39 is 0 Å². The second kappa shape index (κ2) is 24.2. The van der Waals surface area contributed by atoms with Gasteiger partial charge in [-0.05, 0) is 19.6 Å². The summed E-state index contributed by atoms with van der Waals surface area (Å²) in [5.41, 5.74) is 0. The lowest BCUT2D eigenvalue weighted by Crippen LogP contribution is -2.21. The predicted octanol–water partition coefficient (Wildman–Crippen LogP) is 7.84. The van der Waals surface area contributed by atoms with Gasteiger partial charge in [-0.2, -0.15) is 0 Å². The van der Waals surface area contributed by atoms with Crippen molar-refractivity contribution in [3.8, 4) is 0 Å². The molecule has 0 spiro atoms. The van der Waals surface area contributed by atoms with Crippen molar-refractivity contribution in [3.63, 3.8) is 0 Å². The van der Waals surface area contributed by atoms with Gasteiger partial charge in [0.15, 0.2) is 0 Å². The fourth-order valence-electron chi connectivity index (χ4n) is 2.94. The highest BCUT2D eigenvalue weighted by atomic mass is 15.1. The van der Waals surface area contributed by atoms with Crippen LogP contribution >= 0.6 is 0 Å². The molecule has 0 atom stereocenters. The molecule has 0 bridgehead atoms. The first-order chi connectivity index (χ1) is 11.3. The molecule has 0 unspecified atom stereocenters. The van der Waals surface area contributed by atoms with Gasteiger partial charge in [0, 0.05) is 0 Å². The van der Waals surface area contributed by atoms with Gasteiger partial charge in [-0.25, -0.2) is 0 Å². The van der Waals surface area contributed by atoms with Crippen LogP contribution in [0.4, 0.5) is 0 Å². The van der Waals surface area contributed by atoms with Crippen LogP contribution in [-0.4, -0.2) is 24.5 Å². The topological polar surface area (TPSA) is 3.24 Å². The first-order valence-corrected chi connectivity index (χ1v) is 11.0. The quantitative estimate of drug-likeness (QED) is 0.261. The van der Waals surface area contributed by atoms with E-state index in [2.05, 4.69) is 39.5 Å². The Hall–Kier alpha value is -0.0400. The fourth-order valence-corrected chi connectivity index (χ4v) is 2.94. The zero-order chi connectivity index (χ0) is 17.6. The standard InChI is InChI=1S/C16H34.C6H15N/c1-3-5-7-9-11-13-15-16-14-12-10-8-6-4-2;1-4-7(5-2)6-3/h3-16H2,1-2H3;4-6H2,1-3H3. The lowest BCUT2D eigenvalue weighted by molar-refractivity contribution is 0.321. The highest BCUT2D eigenvalue weighted by Crippen LogP contribution is 2.12. The van der Waals surface area contributed by atoms with Gasteiger partial charge in [-0.3, -0.25) is 0 Å². The van der Waals surface area contributed by atoms with E-state index in [1.807, 2.05) is 0 Å². The lowest BCUT2D eigenvalue weighted by atomic mass is 10.0. The van der Waals surface area contributed by atoms with Gasteiger partial charge in [0.05, 0.1) is 0 Å². The smallest absolute Gasteiger partial charge is 0.00474 e. The van der Waals surface area contributed by atoms with Crippen LogP contribution in [0.1, 0.15) is 125 Å². The monoisotopic (exact) mass is 327 g/mol. The Balaban J connectivity index is 0. The molecule has 0 radical (unpaired) electrons. The third kappa shape index (κ3) is 24.3. The molecule has 0 saturated carbocycles. The van der Waals surface area contributed by atoms with E-state index in [4.69, 9.17) is 0 Å². The van der Waals surface area contributed by atoms with Crippen molar-refractivity contribution in [2.75, 3.05) is 19.6 Å². The normalized spacial score (nSPS) is 10.7. The number of unbranched alkanes of at least 4 members (excludes halogenated alkanes) is 13. The first kappa shape index (κ1) is 25.2. The molecule has 0 N–H and O–H groups in total. The Labute approximate surface area is 149 Å². The molecular formula is C22H49N. The average Bonchev–Trinajstić information content (AvgIpc) is 2.58. The van der Waals surface area contributed by atoms with Crippen LogP contribution in [0.25, 0.3) is 0 Å². The average molecular weight is 328 g/mol. The van der Waals surface area contributed by atoms with Gasteiger partial charge in [0.1, 0.15) is 0 Å². The van der Waals surface area contributed by atoms with Crippen LogP contribution < -0.4 is 0 Å². The Bertz CT molecular complexity index is 155. The summed E-state index contributed by atoms with van der Waals surface area (Å²) in [7, 11) is 0. The molecule has 0 saturated heterocycles. The van der Waals surface area contributed by atoms with Gasteiger partial charge in [-0.1, -0.05) is 125 Å². The minimum atomic E-state index is 1.19. The summed E-state index contributed by atoms with van der Waals surface area (Å²) in [6.45, 7) is 14.7. The maximum absolute atomic E-state index is 2.38. The van der Waals surface area contributed by atoms with Crippen molar-refractivity contribution in [1.82, 2.24) is 4.90 Å². The van der Waals surface area contributed by atoms with E-state index in [1.54, 1.807) is 0 Å². The number of nitrogens with zero attached hydrogens (tertiary/aromatic N) is 1. The van der Waals surface area contributed by atoms with Crippen LogP contribution in [0, 0.1) is 0 Å². The fraction of sp³-hybridized carbons (Fsp3) is 1.00. The summed E-state index contributed by atoms with van der Waals surface area (Å²) in [6, 6.07) is 0. The van der Waals surface area contributed by atoms with E-state index in [1.165, 1.54) is 110 Å². The minimum Gasteiger partial charge on any atom is -0.304 e. The van der Waals surface area contributed by atoms with E-state index >= 15 is 0 Å². The van der Waals surface area contributed by atoms with Gasteiger partial charge in [0.2, 0.25) is 0 Å². The van der Waals surface area contributed by atoms with Crippen LogP contribution in [0.3, 0.4) is 0 Å². The highest BCUT2D eigenvalue weighted by Gasteiger charge is 1.93. The van der Waals surface area contributed by atoms with E-state index in [9.17, 15) is 0 Å². The molecule has 0 fully saturated rings. The SMILES string of the molecule is CCCCCCCCCCCCCCCC.CCN(CC)CC. The summed E-state index contributed by atoms with van der Waals surface area (Å²) in [6.07, 6.45) is 20.4. The minimum absolute atomic E-state index is 1.19. The summed E-state index contributed by atoms with van der Waals surface area (Å²) >= 11 is 0. The number of hydrogen-bond donors (Lipinski definition) is 0. The summed E-state index contributed by atoms with van der Waals surface area (Å²) in [5, 5.41) is 0. The zero-order valence-electron chi connectivity index (χ0n) is 17.5. The van der Waals surface area contributed by atoms with Crippen molar-refractivity contribution < 1.29 is 0 Å². The Kier molecular flexibility index (Phi) is 26.5. The third-order valence-electron chi connectivity index (χ3n) is 4.80. The molecule has 1 heteroatoms. The van der Waals surface area contributed by atoms with Crippen molar-refractivity contribution in [3.05, 3.63) is 0 Å². The molecule has 23 heavy (non-hydrogen) atoms. The van der Waals surface area contributed by atoms with Crippen LogP contribution in [0.5, 0.6) is 0 Å². The van der Waals surface area contributed by atoms with E-state index in [0.29, 0.717) is 0 Å². The van der Waals surface area contributed by atoms with Crippen molar-refractivity contribution in [2.45, 2.75) is 125 Å². The molecule has 0 rings (SSSR count). The van der Waals surface area contributed by atoms with Crippen molar-refractivity contribution in [1.29, 1.82) is 0 Å². The van der Waals surface area contributed by atoms with Crippen LogP contribution in [0.2, 0.25) is 0 Å². The highest BCUT2D eigenvalue weighted by molar-refractivity contribution is 4.48. The third-order valence-corrected chi connectivity index (χ3v) is 4.80. The van der Waals surface area contributed by atoms with Crippen LogP contribution in [-0.2, 0) is 0 Å². The maximum Gasteiger partial charge on any atom is -0.00474 e. The molecule has 0 heterocycles. The van der Waals surface area contributed by atoms with Gasteiger partial charge >= 0.3 is 0 Å². The Morgan fingerprint density at radius 3 is 0.696 bits per heavy atom. The maximum atomic E-state index is 2.38. The van der Waals surface area contributed by atoms with E-state index in [-0.39, 0.29) is 0 Å².